The zero-order chi connectivity index (χ0) is 21.9. The van der Waals surface area contributed by atoms with Gasteiger partial charge in [0, 0.05) is 5.39 Å². The van der Waals surface area contributed by atoms with E-state index in [4.69, 9.17) is 9.47 Å². The first-order valence-electron chi connectivity index (χ1n) is 10.6. The lowest BCUT2D eigenvalue weighted by Crippen LogP contribution is -2.25. The van der Waals surface area contributed by atoms with Gasteiger partial charge in [0.05, 0.1) is 5.56 Å². The highest BCUT2D eigenvalue weighted by molar-refractivity contribution is 6.16. The number of aliphatic hydroxyl groups is 1. The topological polar surface area (TPSA) is 55.8 Å². The van der Waals surface area contributed by atoms with Gasteiger partial charge in [-0.2, -0.15) is 0 Å². The molecule has 4 nitrogen and oxygen atoms in total. The lowest BCUT2D eigenvalue weighted by Gasteiger charge is -2.15. The van der Waals surface area contributed by atoms with Gasteiger partial charge in [0.1, 0.15) is 25.1 Å². The Hall–Kier alpha value is -3.89. The van der Waals surface area contributed by atoms with Crippen molar-refractivity contribution < 1.29 is 19.4 Å². The minimum atomic E-state index is -0.945. The Kier molecular flexibility index (Phi) is 5.44. The summed E-state index contributed by atoms with van der Waals surface area (Å²) in [6.45, 7) is -0.126. The molecule has 0 heterocycles. The molecule has 0 amide bonds. The van der Waals surface area contributed by atoms with Crippen LogP contribution in [0.2, 0.25) is 0 Å². The molecule has 5 rings (SSSR count). The standard InChI is InChI=1S/C28H22O4/c29-22(17-31-26-15-7-11-19-8-1-4-12-23(19)26)18-32-28(30)27-24-13-5-2-9-20(24)16-21-10-3-6-14-25(21)27/h1-16,22,29H,17-18H2. The van der Waals surface area contributed by atoms with E-state index in [2.05, 4.69) is 6.07 Å². The van der Waals surface area contributed by atoms with Gasteiger partial charge in [-0.15, -0.1) is 0 Å². The van der Waals surface area contributed by atoms with Crippen molar-refractivity contribution in [2.75, 3.05) is 13.2 Å². The third kappa shape index (κ3) is 3.88. The molecule has 0 aliphatic heterocycles. The number of hydrogen-bond acceptors (Lipinski definition) is 4. The Morgan fingerprint density at radius 3 is 1.94 bits per heavy atom. The van der Waals surface area contributed by atoms with E-state index in [0.717, 1.165) is 32.3 Å². The minimum Gasteiger partial charge on any atom is -0.490 e. The maximum atomic E-state index is 13.1. The van der Waals surface area contributed by atoms with Gasteiger partial charge in [-0.25, -0.2) is 4.79 Å². The van der Waals surface area contributed by atoms with E-state index < -0.39 is 12.1 Å². The van der Waals surface area contributed by atoms with E-state index >= 15 is 0 Å². The molecular formula is C28H22O4. The molecule has 4 heteroatoms. The van der Waals surface area contributed by atoms with Crippen molar-refractivity contribution in [2.45, 2.75) is 6.10 Å². The first kappa shape index (κ1) is 20.0. The van der Waals surface area contributed by atoms with E-state index in [1.165, 1.54) is 0 Å². The van der Waals surface area contributed by atoms with Crippen LogP contribution < -0.4 is 4.74 Å². The summed E-state index contributed by atoms with van der Waals surface area (Å²) in [5, 5.41) is 16.0. The molecule has 158 valence electrons. The van der Waals surface area contributed by atoms with Crippen LogP contribution in [0, 0.1) is 0 Å². The normalized spacial score (nSPS) is 12.2. The molecule has 5 aromatic carbocycles. The zero-order valence-electron chi connectivity index (χ0n) is 17.4. The van der Waals surface area contributed by atoms with E-state index in [-0.39, 0.29) is 13.2 Å². The van der Waals surface area contributed by atoms with Crippen molar-refractivity contribution in [1.82, 2.24) is 0 Å². The number of carbonyl (C=O) groups excluding carboxylic acids is 1. The largest absolute Gasteiger partial charge is 0.490 e. The fourth-order valence-electron chi connectivity index (χ4n) is 4.03. The molecule has 0 saturated heterocycles. The van der Waals surface area contributed by atoms with Crippen molar-refractivity contribution in [3.8, 4) is 5.75 Å². The van der Waals surface area contributed by atoms with Crippen LogP contribution in [0.1, 0.15) is 10.4 Å². The van der Waals surface area contributed by atoms with Crippen molar-refractivity contribution >= 4 is 38.3 Å². The van der Waals surface area contributed by atoms with Crippen LogP contribution in [-0.4, -0.2) is 30.4 Å². The second kappa shape index (κ2) is 8.69. The van der Waals surface area contributed by atoms with Crippen LogP contribution in [0.4, 0.5) is 0 Å². The van der Waals surface area contributed by atoms with Crippen LogP contribution in [-0.2, 0) is 4.74 Å². The molecule has 1 atom stereocenters. The first-order valence-corrected chi connectivity index (χ1v) is 10.6. The van der Waals surface area contributed by atoms with Crippen molar-refractivity contribution in [2.24, 2.45) is 0 Å². The molecule has 0 fully saturated rings. The summed E-state index contributed by atoms with van der Waals surface area (Å²) in [7, 11) is 0. The monoisotopic (exact) mass is 422 g/mol. The van der Waals surface area contributed by atoms with Crippen LogP contribution in [0.5, 0.6) is 5.75 Å². The van der Waals surface area contributed by atoms with Gasteiger partial charge in [0.15, 0.2) is 0 Å². The molecular weight excluding hydrogens is 400 g/mol. The second-order valence-electron chi connectivity index (χ2n) is 7.73. The van der Waals surface area contributed by atoms with Crippen LogP contribution >= 0.6 is 0 Å². The minimum absolute atomic E-state index is 0.0254. The number of fused-ring (bicyclic) bond motifs is 3. The number of rotatable bonds is 6. The molecule has 0 aromatic heterocycles. The Bertz CT molecular complexity index is 1360. The van der Waals surface area contributed by atoms with Crippen LogP contribution in [0.25, 0.3) is 32.3 Å². The van der Waals surface area contributed by atoms with Gasteiger partial charge in [-0.3, -0.25) is 0 Å². The summed E-state index contributed by atoms with van der Waals surface area (Å²) in [5.41, 5.74) is 0.515. The highest BCUT2D eigenvalue weighted by atomic mass is 16.5. The third-order valence-electron chi connectivity index (χ3n) is 5.56. The molecule has 0 saturated carbocycles. The zero-order valence-corrected chi connectivity index (χ0v) is 17.4. The van der Waals surface area contributed by atoms with E-state index in [1.807, 2.05) is 91.0 Å². The summed E-state index contributed by atoms with van der Waals surface area (Å²) in [5.74, 6) is 0.232. The maximum absolute atomic E-state index is 13.1. The molecule has 0 aliphatic rings. The van der Waals surface area contributed by atoms with Crippen LogP contribution in [0.15, 0.2) is 97.1 Å². The second-order valence-corrected chi connectivity index (χ2v) is 7.73. The van der Waals surface area contributed by atoms with Gasteiger partial charge in [-0.05, 0) is 39.1 Å². The molecule has 0 spiro atoms. The number of esters is 1. The van der Waals surface area contributed by atoms with Gasteiger partial charge in [-0.1, -0.05) is 84.9 Å². The lowest BCUT2D eigenvalue weighted by molar-refractivity contribution is 0.0135. The summed E-state index contributed by atoms with van der Waals surface area (Å²) in [4.78, 5) is 13.1. The molecule has 0 radical (unpaired) electrons. The average Bonchev–Trinajstić information content (AvgIpc) is 2.84. The summed E-state index contributed by atoms with van der Waals surface area (Å²) < 4.78 is 11.3. The van der Waals surface area contributed by atoms with Gasteiger partial charge in [0.2, 0.25) is 0 Å². The van der Waals surface area contributed by atoms with E-state index in [1.54, 1.807) is 0 Å². The SMILES string of the molecule is O=C(OCC(O)COc1cccc2ccccc12)c1c2ccccc2cc2ccccc12. The Morgan fingerprint density at radius 1 is 0.688 bits per heavy atom. The van der Waals surface area contributed by atoms with Crippen molar-refractivity contribution in [3.05, 3.63) is 103 Å². The highest BCUT2D eigenvalue weighted by Crippen LogP contribution is 2.29. The van der Waals surface area contributed by atoms with E-state index in [0.29, 0.717) is 11.3 Å². The molecule has 5 aromatic rings. The van der Waals surface area contributed by atoms with Crippen LogP contribution in [0.3, 0.4) is 0 Å². The highest BCUT2D eigenvalue weighted by Gasteiger charge is 2.18. The lowest BCUT2D eigenvalue weighted by atomic mass is 9.97. The number of ether oxygens (including phenoxy) is 2. The number of benzene rings is 5. The quantitative estimate of drug-likeness (QED) is 0.280. The third-order valence-corrected chi connectivity index (χ3v) is 5.56. The Morgan fingerprint density at radius 2 is 1.25 bits per heavy atom. The van der Waals surface area contributed by atoms with Gasteiger partial charge < -0.3 is 14.6 Å². The molecule has 0 bridgehead atoms. The summed E-state index contributed by atoms with van der Waals surface area (Å²) >= 11 is 0. The Balaban J connectivity index is 1.32. The van der Waals surface area contributed by atoms with Crippen molar-refractivity contribution in [3.63, 3.8) is 0 Å². The fraction of sp³-hybridized carbons (Fsp3) is 0.107. The molecule has 32 heavy (non-hydrogen) atoms. The predicted octanol–water partition coefficient (Wildman–Crippen LogP) is 5.74. The average molecular weight is 422 g/mol. The number of carbonyl (C=O) groups is 1. The predicted molar refractivity (Wildman–Crippen MR) is 127 cm³/mol. The number of aliphatic hydroxyl groups excluding tert-OH is 1. The van der Waals surface area contributed by atoms with Crippen molar-refractivity contribution in [1.29, 1.82) is 0 Å². The fourth-order valence-corrected chi connectivity index (χ4v) is 4.03. The van der Waals surface area contributed by atoms with E-state index in [9.17, 15) is 9.90 Å². The summed E-state index contributed by atoms with van der Waals surface area (Å²) in [6.07, 6.45) is -0.945. The first-order chi connectivity index (χ1) is 15.7. The van der Waals surface area contributed by atoms with Gasteiger partial charge in [0.25, 0.3) is 0 Å². The molecule has 1 unspecified atom stereocenters. The van der Waals surface area contributed by atoms with Gasteiger partial charge >= 0.3 is 5.97 Å². The summed E-state index contributed by atoms with van der Waals surface area (Å²) in [6, 6.07) is 31.2. The number of hydrogen-bond donors (Lipinski definition) is 1. The molecule has 0 aliphatic carbocycles. The maximum Gasteiger partial charge on any atom is 0.339 e. The smallest absolute Gasteiger partial charge is 0.339 e. The Labute approximate surface area is 185 Å². The molecule has 1 N–H and O–H groups in total.